The Morgan fingerprint density at radius 2 is 1.56 bits per heavy atom. The monoisotopic (exact) mass is 482 g/mol. The van der Waals surface area contributed by atoms with Crippen LogP contribution in [0.15, 0.2) is 24.3 Å². The highest BCUT2D eigenvalue weighted by molar-refractivity contribution is 5.75. The maximum absolute atomic E-state index is 13.7. The van der Waals surface area contributed by atoms with Crippen molar-refractivity contribution in [2.24, 2.45) is 23.7 Å². The van der Waals surface area contributed by atoms with E-state index in [9.17, 15) is 22.4 Å². The van der Waals surface area contributed by atoms with Crippen LogP contribution in [0.5, 0.6) is 5.75 Å². The molecule has 0 aliphatic heterocycles. The zero-order valence-electron chi connectivity index (χ0n) is 20.2. The molecule has 2 fully saturated rings. The topological polar surface area (TPSA) is 26.3 Å². The van der Waals surface area contributed by atoms with E-state index in [-0.39, 0.29) is 11.7 Å². The van der Waals surface area contributed by atoms with Gasteiger partial charge < -0.3 is 4.74 Å². The lowest BCUT2D eigenvalue weighted by atomic mass is 9.79. The van der Waals surface area contributed by atoms with Crippen molar-refractivity contribution in [2.75, 3.05) is 0 Å². The standard InChI is InChI=1S/C28H38F4O2/c1-2-3-6-19-9-11-20(12-10-19)7-4-5-8-21-13-15-22(16-14-21)28(33)34-23-17-24(29)26(27(31)32)25(30)18-23/h4,7,17-22,27H,2-3,5-6,8-16H2,1H3. The largest absolute Gasteiger partial charge is 0.426 e. The van der Waals surface area contributed by atoms with Crippen LogP contribution in [-0.4, -0.2) is 5.97 Å². The van der Waals surface area contributed by atoms with E-state index in [1.807, 2.05) is 0 Å². The molecule has 0 N–H and O–H groups in total. The number of unbranched alkanes of at least 4 members (excludes halogenated alkanes) is 1. The Balaban J connectivity index is 1.34. The van der Waals surface area contributed by atoms with Crippen LogP contribution in [0.1, 0.15) is 102 Å². The van der Waals surface area contributed by atoms with Gasteiger partial charge >= 0.3 is 5.97 Å². The Morgan fingerprint density at radius 1 is 0.971 bits per heavy atom. The van der Waals surface area contributed by atoms with E-state index in [2.05, 4.69) is 19.1 Å². The zero-order valence-corrected chi connectivity index (χ0v) is 20.2. The second kappa shape index (κ2) is 13.3. The number of benzene rings is 1. The minimum absolute atomic E-state index is 0.324. The van der Waals surface area contributed by atoms with Crippen molar-refractivity contribution < 1.29 is 27.1 Å². The lowest BCUT2D eigenvalue weighted by Crippen LogP contribution is -2.25. The maximum Gasteiger partial charge on any atom is 0.314 e. The third-order valence-electron chi connectivity index (χ3n) is 7.68. The van der Waals surface area contributed by atoms with Crippen molar-refractivity contribution in [1.29, 1.82) is 0 Å². The third kappa shape index (κ3) is 7.84. The van der Waals surface area contributed by atoms with E-state index in [1.165, 1.54) is 44.9 Å². The summed E-state index contributed by atoms with van der Waals surface area (Å²) in [4.78, 5) is 12.4. The van der Waals surface area contributed by atoms with Gasteiger partial charge in [0.1, 0.15) is 17.4 Å². The summed E-state index contributed by atoms with van der Waals surface area (Å²) in [6.07, 6.45) is 16.2. The molecule has 0 amide bonds. The van der Waals surface area contributed by atoms with Gasteiger partial charge in [-0.25, -0.2) is 17.6 Å². The molecule has 2 aliphatic rings. The number of ether oxygens (including phenoxy) is 1. The molecule has 6 heteroatoms. The van der Waals surface area contributed by atoms with Gasteiger partial charge in [0.2, 0.25) is 0 Å². The lowest BCUT2D eigenvalue weighted by molar-refractivity contribution is -0.140. The van der Waals surface area contributed by atoms with Crippen molar-refractivity contribution >= 4 is 5.97 Å². The van der Waals surface area contributed by atoms with Crippen LogP contribution < -0.4 is 4.74 Å². The molecule has 34 heavy (non-hydrogen) atoms. The number of esters is 1. The summed E-state index contributed by atoms with van der Waals surface area (Å²) < 4.78 is 57.9. The van der Waals surface area contributed by atoms with Gasteiger partial charge in [-0.05, 0) is 82.0 Å². The molecule has 1 aromatic rings. The quantitative estimate of drug-likeness (QED) is 0.144. The molecule has 0 aromatic heterocycles. The number of halogens is 4. The fourth-order valence-electron chi connectivity index (χ4n) is 5.50. The molecule has 0 atom stereocenters. The van der Waals surface area contributed by atoms with Crippen LogP contribution in [0.25, 0.3) is 0 Å². The molecule has 2 saturated carbocycles. The molecule has 1 aromatic carbocycles. The van der Waals surface area contributed by atoms with E-state index in [0.717, 1.165) is 37.5 Å². The summed E-state index contributed by atoms with van der Waals surface area (Å²) in [6.45, 7) is 2.26. The average Bonchev–Trinajstić information content (AvgIpc) is 2.81. The Bertz CT molecular complexity index is 784. The number of allylic oxidation sites excluding steroid dienone is 2. The molecule has 2 nitrogen and oxygen atoms in total. The molecule has 0 radical (unpaired) electrons. The zero-order chi connectivity index (χ0) is 24.5. The summed E-state index contributed by atoms with van der Waals surface area (Å²) in [6, 6.07) is 1.30. The SMILES string of the molecule is CCCCC1CCC(C=CCCC2CCC(C(=O)Oc3cc(F)c(C(F)F)c(F)c3)CC2)CC1. The molecule has 0 saturated heterocycles. The summed E-state index contributed by atoms with van der Waals surface area (Å²) in [5.74, 6) is -1.81. The molecule has 2 aliphatic carbocycles. The Hall–Kier alpha value is -1.85. The fourth-order valence-corrected chi connectivity index (χ4v) is 5.50. The highest BCUT2D eigenvalue weighted by Gasteiger charge is 2.28. The first kappa shape index (κ1) is 26.7. The van der Waals surface area contributed by atoms with Crippen molar-refractivity contribution in [3.05, 3.63) is 41.5 Å². The summed E-state index contributed by atoms with van der Waals surface area (Å²) >= 11 is 0. The average molecular weight is 483 g/mol. The predicted octanol–water partition coefficient (Wildman–Crippen LogP) is 8.95. The maximum atomic E-state index is 13.7. The first-order valence-electron chi connectivity index (χ1n) is 13.0. The van der Waals surface area contributed by atoms with Crippen LogP contribution in [0, 0.1) is 35.3 Å². The number of carbonyl (C=O) groups excluding carboxylic acids is 1. The van der Waals surface area contributed by atoms with E-state index >= 15 is 0 Å². The number of rotatable bonds is 10. The van der Waals surface area contributed by atoms with Gasteiger partial charge in [0, 0.05) is 12.1 Å². The molecule has 3 rings (SSSR count). The predicted molar refractivity (Wildman–Crippen MR) is 126 cm³/mol. The summed E-state index contributed by atoms with van der Waals surface area (Å²) in [7, 11) is 0. The van der Waals surface area contributed by atoms with E-state index in [4.69, 9.17) is 4.74 Å². The van der Waals surface area contributed by atoms with Crippen molar-refractivity contribution in [3.8, 4) is 5.75 Å². The highest BCUT2D eigenvalue weighted by atomic mass is 19.3. The fraction of sp³-hybridized carbons (Fsp3) is 0.679. The van der Waals surface area contributed by atoms with Crippen LogP contribution in [0.3, 0.4) is 0 Å². The Kier molecular flexibility index (Phi) is 10.5. The molecule has 0 unspecified atom stereocenters. The number of carbonyl (C=O) groups is 1. The highest BCUT2D eigenvalue weighted by Crippen LogP contribution is 2.35. The third-order valence-corrected chi connectivity index (χ3v) is 7.68. The van der Waals surface area contributed by atoms with E-state index < -0.39 is 29.6 Å². The Morgan fingerprint density at radius 3 is 2.15 bits per heavy atom. The minimum Gasteiger partial charge on any atom is -0.426 e. The van der Waals surface area contributed by atoms with Gasteiger partial charge in [0.25, 0.3) is 6.43 Å². The van der Waals surface area contributed by atoms with Crippen molar-refractivity contribution in [2.45, 2.75) is 96.8 Å². The Labute approximate surface area is 201 Å². The summed E-state index contributed by atoms with van der Waals surface area (Å²) in [5.41, 5.74) is -1.30. The van der Waals surface area contributed by atoms with E-state index in [1.54, 1.807) is 0 Å². The second-order valence-corrected chi connectivity index (χ2v) is 10.2. The summed E-state index contributed by atoms with van der Waals surface area (Å²) in [5, 5.41) is 0. The number of hydrogen-bond acceptors (Lipinski definition) is 2. The van der Waals surface area contributed by atoms with E-state index in [0.29, 0.717) is 30.9 Å². The molecule has 0 spiro atoms. The molecule has 0 heterocycles. The number of alkyl halides is 2. The van der Waals surface area contributed by atoms with Gasteiger partial charge in [0.15, 0.2) is 0 Å². The molecular weight excluding hydrogens is 444 g/mol. The van der Waals surface area contributed by atoms with Crippen LogP contribution in [0.2, 0.25) is 0 Å². The van der Waals surface area contributed by atoms with Crippen molar-refractivity contribution in [3.63, 3.8) is 0 Å². The number of hydrogen-bond donors (Lipinski definition) is 0. The first-order valence-corrected chi connectivity index (χ1v) is 13.0. The second-order valence-electron chi connectivity index (χ2n) is 10.2. The van der Waals surface area contributed by atoms with Gasteiger partial charge in [-0.1, -0.05) is 38.3 Å². The van der Waals surface area contributed by atoms with Gasteiger partial charge in [0.05, 0.1) is 11.5 Å². The smallest absolute Gasteiger partial charge is 0.314 e. The van der Waals surface area contributed by atoms with Crippen molar-refractivity contribution in [1.82, 2.24) is 0 Å². The minimum atomic E-state index is -3.26. The van der Waals surface area contributed by atoms with Gasteiger partial charge in [-0.2, -0.15) is 0 Å². The van der Waals surface area contributed by atoms with Gasteiger partial charge in [-0.3, -0.25) is 4.79 Å². The molecule has 0 bridgehead atoms. The van der Waals surface area contributed by atoms with Crippen LogP contribution in [0.4, 0.5) is 17.6 Å². The first-order chi connectivity index (χ1) is 16.4. The van der Waals surface area contributed by atoms with Crippen LogP contribution in [-0.2, 0) is 4.79 Å². The van der Waals surface area contributed by atoms with Crippen LogP contribution >= 0.6 is 0 Å². The molecular formula is C28H38F4O2. The normalized spacial score (nSPS) is 25.7. The van der Waals surface area contributed by atoms with Gasteiger partial charge in [-0.15, -0.1) is 0 Å². The lowest BCUT2D eigenvalue weighted by Gasteiger charge is -2.27. The molecule has 190 valence electrons.